The number of hydrogen-bond donors (Lipinski definition) is 4. The molecule has 5 amide bonds. The molecular weight excluding hydrogens is 694 g/mol. The summed E-state index contributed by atoms with van der Waals surface area (Å²) >= 11 is 0. The van der Waals surface area contributed by atoms with Crippen LogP contribution in [0.3, 0.4) is 0 Å². The van der Waals surface area contributed by atoms with Crippen molar-refractivity contribution in [3.63, 3.8) is 0 Å². The number of imidazole rings is 2. The van der Waals surface area contributed by atoms with E-state index in [1.54, 1.807) is 11.1 Å². The first-order valence-corrected chi connectivity index (χ1v) is 18.3. The average Bonchev–Trinajstić information content (AvgIpc) is 3.96. The van der Waals surface area contributed by atoms with Gasteiger partial charge in [-0.1, -0.05) is 44.2 Å². The van der Waals surface area contributed by atoms with Crippen LogP contribution in [0.15, 0.2) is 48.7 Å². The van der Waals surface area contributed by atoms with Crippen LogP contribution in [-0.4, -0.2) is 104 Å². The minimum Gasteiger partial charge on any atom is -0.453 e. The zero-order valence-electron chi connectivity index (χ0n) is 30.8. The van der Waals surface area contributed by atoms with Gasteiger partial charge in [0, 0.05) is 19.5 Å². The van der Waals surface area contributed by atoms with Gasteiger partial charge in [0.1, 0.15) is 29.8 Å². The van der Waals surface area contributed by atoms with Crippen LogP contribution >= 0.6 is 0 Å². The number of methoxy groups -OCH3 is 2. The first-order chi connectivity index (χ1) is 26.1. The zero-order chi connectivity index (χ0) is 38.1. The van der Waals surface area contributed by atoms with Crippen molar-refractivity contribution in [1.82, 2.24) is 45.5 Å². The predicted octanol–water partition coefficient (Wildman–Crippen LogP) is 4.59. The molecular formula is C38H45N9O7. The highest BCUT2D eigenvalue weighted by atomic mass is 16.5. The van der Waals surface area contributed by atoms with E-state index in [2.05, 4.69) is 25.6 Å². The van der Waals surface area contributed by atoms with Crippen LogP contribution in [0.5, 0.6) is 0 Å². The van der Waals surface area contributed by atoms with Crippen molar-refractivity contribution in [3.8, 4) is 22.4 Å². The van der Waals surface area contributed by atoms with E-state index in [1.807, 2.05) is 56.3 Å². The van der Waals surface area contributed by atoms with Gasteiger partial charge in [-0.2, -0.15) is 0 Å². The van der Waals surface area contributed by atoms with E-state index in [0.29, 0.717) is 37.6 Å². The third kappa shape index (κ3) is 7.07. The number of nitrogens with one attached hydrogen (secondary N) is 4. The zero-order valence-corrected chi connectivity index (χ0v) is 30.8. The lowest BCUT2D eigenvalue weighted by molar-refractivity contribution is -0.174. The van der Waals surface area contributed by atoms with Gasteiger partial charge in [-0.3, -0.25) is 19.4 Å². The fraction of sp³-hybridized carbons (Fsp3) is 0.447. The Labute approximate surface area is 311 Å². The first kappa shape index (κ1) is 36.4. The molecule has 2 aromatic heterocycles. The van der Waals surface area contributed by atoms with Crippen molar-refractivity contribution in [2.45, 2.75) is 76.5 Å². The van der Waals surface area contributed by atoms with Gasteiger partial charge in [0.25, 0.3) is 5.91 Å². The molecule has 4 atom stereocenters. The Morgan fingerprint density at radius 1 is 0.852 bits per heavy atom. The number of hydrazine groups is 1. The molecule has 284 valence electrons. The van der Waals surface area contributed by atoms with Crippen molar-refractivity contribution in [2.24, 2.45) is 5.92 Å². The molecule has 0 bridgehead atoms. The van der Waals surface area contributed by atoms with E-state index in [-0.39, 0.29) is 42.5 Å². The second kappa shape index (κ2) is 15.2. The Kier molecular flexibility index (Phi) is 10.3. The molecule has 3 aliphatic rings. The molecule has 4 aromatic rings. The van der Waals surface area contributed by atoms with Gasteiger partial charge in [-0.15, -0.1) is 0 Å². The Morgan fingerprint density at radius 3 is 2.30 bits per heavy atom. The molecule has 0 aliphatic carbocycles. The number of hydrogen-bond acceptors (Lipinski definition) is 9. The number of nitrogens with zero attached hydrogens (tertiary/aromatic N) is 5. The topological polar surface area (TPSA) is 195 Å². The van der Waals surface area contributed by atoms with Crippen molar-refractivity contribution in [1.29, 1.82) is 0 Å². The fourth-order valence-electron chi connectivity index (χ4n) is 7.67. The second-order valence-corrected chi connectivity index (χ2v) is 14.2. The van der Waals surface area contributed by atoms with Gasteiger partial charge in [0.05, 0.1) is 43.2 Å². The molecule has 3 saturated heterocycles. The maximum Gasteiger partial charge on any atom is 0.407 e. The number of ether oxygens (including phenoxy) is 2. The number of aromatic nitrogens is 4. The Bertz CT molecular complexity index is 2060. The SMILES string of the molecule is COC(=O)NC(C(=O)N1CCCC1c1ncc(-c2ccc(-c3ccc4nc([C@@H]5CCCN6C(=O)CC[C@H](NC(=O)OC)C(=O)N56)[nH]c4c3)cc2)[nH]1)C(C)C. The lowest BCUT2D eigenvalue weighted by Gasteiger charge is -2.42. The molecule has 3 aliphatic heterocycles. The first-order valence-electron chi connectivity index (χ1n) is 18.3. The molecule has 16 nitrogen and oxygen atoms in total. The number of aromatic amines is 2. The lowest BCUT2D eigenvalue weighted by atomic mass is 10.0. The number of amides is 5. The largest absolute Gasteiger partial charge is 0.453 e. The fourth-order valence-corrected chi connectivity index (χ4v) is 7.67. The highest BCUT2D eigenvalue weighted by Gasteiger charge is 2.44. The molecule has 2 unspecified atom stereocenters. The number of carbonyl (C=O) groups excluding carboxylic acids is 5. The second-order valence-electron chi connectivity index (χ2n) is 14.2. The van der Waals surface area contributed by atoms with Crippen LogP contribution in [0.25, 0.3) is 33.4 Å². The number of carbonyl (C=O) groups is 5. The van der Waals surface area contributed by atoms with Gasteiger partial charge in [-0.05, 0) is 66.8 Å². The molecule has 4 N–H and O–H groups in total. The van der Waals surface area contributed by atoms with Crippen LogP contribution in [0, 0.1) is 5.92 Å². The summed E-state index contributed by atoms with van der Waals surface area (Å²) in [5.74, 6) is 0.446. The van der Waals surface area contributed by atoms with E-state index in [1.165, 1.54) is 24.2 Å². The minimum absolute atomic E-state index is 0.120. The van der Waals surface area contributed by atoms with Crippen LogP contribution in [0.4, 0.5) is 9.59 Å². The molecule has 0 spiro atoms. The van der Waals surface area contributed by atoms with E-state index >= 15 is 0 Å². The molecule has 7 rings (SSSR count). The van der Waals surface area contributed by atoms with Gasteiger partial charge in [-0.25, -0.2) is 24.6 Å². The molecule has 0 saturated carbocycles. The number of alkyl carbamates (subject to hydrolysis) is 2. The van der Waals surface area contributed by atoms with Crippen LogP contribution in [-0.2, 0) is 23.9 Å². The number of rotatable bonds is 8. The number of fused-ring (bicyclic) bond motifs is 2. The van der Waals surface area contributed by atoms with E-state index < -0.39 is 30.3 Å². The van der Waals surface area contributed by atoms with Gasteiger partial charge in [0.15, 0.2) is 0 Å². The third-order valence-corrected chi connectivity index (χ3v) is 10.5. The van der Waals surface area contributed by atoms with E-state index in [0.717, 1.165) is 46.3 Å². The Morgan fingerprint density at radius 2 is 1.56 bits per heavy atom. The standard InChI is InChI=1S/C38H45N9O7/c1-21(2)32(44-38(52)54-4)36(50)45-17-5-7-29(45)33-39-20-28(42-33)23-11-9-22(10-12-23)24-13-14-25-27(19-24)41-34(40-25)30-8-6-18-46-31(48)16-15-26(35(49)47(30)46)43-37(51)53-3/h9-14,19-21,26,29-30,32H,5-8,15-18H2,1-4H3,(H,39,42)(H,40,41)(H,43,51)(H,44,52)/t26-,29?,30-,32?/m0/s1. The van der Waals surface area contributed by atoms with Crippen LogP contribution in [0.1, 0.15) is 76.1 Å². The third-order valence-electron chi connectivity index (χ3n) is 10.5. The summed E-state index contributed by atoms with van der Waals surface area (Å²) in [6, 6.07) is 11.7. The van der Waals surface area contributed by atoms with Crippen LogP contribution < -0.4 is 10.6 Å². The van der Waals surface area contributed by atoms with E-state index in [9.17, 15) is 24.0 Å². The summed E-state index contributed by atoms with van der Waals surface area (Å²) in [4.78, 5) is 82.4. The maximum atomic E-state index is 13.7. The lowest BCUT2D eigenvalue weighted by Crippen LogP contribution is -2.57. The van der Waals surface area contributed by atoms with Crippen molar-refractivity contribution in [3.05, 3.63) is 60.3 Å². The summed E-state index contributed by atoms with van der Waals surface area (Å²) < 4.78 is 9.47. The predicted molar refractivity (Wildman–Crippen MR) is 196 cm³/mol. The molecule has 5 heterocycles. The smallest absolute Gasteiger partial charge is 0.407 e. The summed E-state index contributed by atoms with van der Waals surface area (Å²) in [5, 5.41) is 8.23. The van der Waals surface area contributed by atoms with Gasteiger partial charge in [0.2, 0.25) is 11.8 Å². The summed E-state index contributed by atoms with van der Waals surface area (Å²) in [6.45, 7) is 4.77. The quantitative estimate of drug-likeness (QED) is 0.200. The molecule has 0 radical (unpaired) electrons. The number of benzene rings is 2. The van der Waals surface area contributed by atoms with Gasteiger partial charge >= 0.3 is 12.2 Å². The van der Waals surface area contributed by atoms with Crippen molar-refractivity contribution >= 4 is 40.9 Å². The van der Waals surface area contributed by atoms with Crippen molar-refractivity contribution in [2.75, 3.05) is 27.3 Å². The van der Waals surface area contributed by atoms with E-state index in [4.69, 9.17) is 14.5 Å². The summed E-state index contributed by atoms with van der Waals surface area (Å²) in [5.41, 5.74) is 5.22. The number of H-pyrrole nitrogens is 2. The van der Waals surface area contributed by atoms with Gasteiger partial charge < -0.3 is 35.0 Å². The highest BCUT2D eigenvalue weighted by Crippen LogP contribution is 2.36. The number of likely N-dealkylation sites (tertiary alicyclic amines) is 1. The Hall–Kier alpha value is -5.93. The molecule has 2 aromatic carbocycles. The maximum absolute atomic E-state index is 13.7. The molecule has 16 heteroatoms. The average molecular weight is 740 g/mol. The normalized spacial score (nSPS) is 20.8. The monoisotopic (exact) mass is 739 g/mol. The minimum atomic E-state index is -0.889. The van der Waals surface area contributed by atoms with Crippen LogP contribution in [0.2, 0.25) is 0 Å². The van der Waals surface area contributed by atoms with Crippen molar-refractivity contribution < 1.29 is 33.4 Å². The highest BCUT2D eigenvalue weighted by molar-refractivity contribution is 5.91. The summed E-state index contributed by atoms with van der Waals surface area (Å²) in [6.07, 6.45) is 3.62. The molecule has 3 fully saturated rings. The Balaban J connectivity index is 1.08. The molecule has 54 heavy (non-hydrogen) atoms. The summed E-state index contributed by atoms with van der Waals surface area (Å²) in [7, 11) is 2.51.